The summed E-state index contributed by atoms with van der Waals surface area (Å²) in [5.41, 5.74) is 4.73. The van der Waals surface area contributed by atoms with Crippen LogP contribution in [0.25, 0.3) is 16.8 Å². The second kappa shape index (κ2) is 9.44. The van der Waals surface area contributed by atoms with Crippen molar-refractivity contribution in [3.05, 3.63) is 53.5 Å². The number of hydrazine groups is 1. The highest BCUT2D eigenvalue weighted by Crippen LogP contribution is 2.45. The van der Waals surface area contributed by atoms with Crippen molar-refractivity contribution in [2.75, 3.05) is 38.7 Å². The number of hydrogen-bond donors (Lipinski definition) is 2. The van der Waals surface area contributed by atoms with E-state index in [0.717, 1.165) is 12.1 Å². The molecule has 0 unspecified atom stereocenters. The largest absolute Gasteiger partial charge is 0.496 e. The molecule has 2 aliphatic rings. The van der Waals surface area contributed by atoms with E-state index >= 15 is 0 Å². The van der Waals surface area contributed by atoms with Crippen LogP contribution in [0.4, 0.5) is 28.0 Å². The number of ether oxygens (including phenoxy) is 2. The Hall–Kier alpha value is -3.63. The van der Waals surface area contributed by atoms with Gasteiger partial charge in [-0.3, -0.25) is 0 Å². The summed E-state index contributed by atoms with van der Waals surface area (Å²) >= 11 is 0. The van der Waals surface area contributed by atoms with E-state index in [-0.39, 0.29) is 16.9 Å². The quantitative estimate of drug-likeness (QED) is 0.549. The van der Waals surface area contributed by atoms with Gasteiger partial charge in [0, 0.05) is 43.5 Å². The van der Waals surface area contributed by atoms with Gasteiger partial charge in [0.25, 0.3) is 0 Å². The van der Waals surface area contributed by atoms with Gasteiger partial charge in [0.1, 0.15) is 17.2 Å². The predicted octanol–water partition coefficient (Wildman–Crippen LogP) is 5.30. The average Bonchev–Trinajstić information content (AvgIpc) is 2.81. The normalized spacial score (nSPS) is 15.9. The fourth-order valence-corrected chi connectivity index (χ4v) is 4.27. The maximum atomic E-state index is 14.7. The number of hydrogen-bond acceptors (Lipinski definition) is 6. The molecule has 1 saturated heterocycles. The molecular formula is C25H28F4N4O3. The monoisotopic (exact) mass is 508 g/mol. The van der Waals surface area contributed by atoms with Crippen LogP contribution >= 0.6 is 0 Å². The van der Waals surface area contributed by atoms with E-state index in [1.807, 2.05) is 4.90 Å². The molecule has 194 valence electrons. The Labute approximate surface area is 206 Å². The molecule has 0 radical (unpaired) electrons. The molecule has 2 N–H and O–H groups in total. The first-order valence-electron chi connectivity index (χ1n) is 11.4. The van der Waals surface area contributed by atoms with Gasteiger partial charge in [-0.25, -0.2) is 9.18 Å². The number of benzene rings is 2. The Bertz CT molecular complexity index is 1180. The zero-order chi connectivity index (χ0) is 26.3. The summed E-state index contributed by atoms with van der Waals surface area (Å²) < 4.78 is 68.0. The molecule has 0 spiro atoms. The van der Waals surface area contributed by atoms with Crippen molar-refractivity contribution in [3.63, 3.8) is 0 Å². The molecule has 11 heteroatoms. The third-order valence-corrected chi connectivity index (χ3v) is 5.89. The number of rotatable bonds is 3. The van der Waals surface area contributed by atoms with Crippen LogP contribution in [0.1, 0.15) is 31.9 Å². The number of fused-ring (bicyclic) bond motifs is 1. The van der Waals surface area contributed by atoms with Crippen molar-refractivity contribution in [1.29, 1.82) is 0 Å². The Morgan fingerprint density at radius 1 is 1.03 bits per heavy atom. The highest BCUT2D eigenvalue weighted by atomic mass is 19.4. The van der Waals surface area contributed by atoms with Crippen molar-refractivity contribution >= 4 is 17.5 Å². The minimum absolute atomic E-state index is 0.00162. The zero-order valence-electron chi connectivity index (χ0n) is 20.4. The number of methoxy groups -OCH3 is 1. The first-order valence-corrected chi connectivity index (χ1v) is 11.4. The Balaban J connectivity index is 1.67. The molecular weight excluding hydrogens is 480 g/mol. The number of nitrogens with zero attached hydrogens (tertiary/aromatic N) is 2. The number of carbonyl (C=O) groups excluding carboxylic acids is 1. The summed E-state index contributed by atoms with van der Waals surface area (Å²) in [6.07, 6.45) is -3.60. The van der Waals surface area contributed by atoms with Gasteiger partial charge in [0.2, 0.25) is 0 Å². The number of amides is 1. The van der Waals surface area contributed by atoms with E-state index < -0.39 is 29.3 Å². The predicted molar refractivity (Wildman–Crippen MR) is 128 cm³/mol. The molecule has 2 aromatic rings. The molecule has 2 aliphatic heterocycles. The van der Waals surface area contributed by atoms with Crippen LogP contribution in [0.3, 0.4) is 0 Å². The number of anilines is 1. The topological polar surface area (TPSA) is 66.1 Å². The van der Waals surface area contributed by atoms with Crippen molar-refractivity contribution in [2.45, 2.75) is 32.5 Å². The maximum Gasteiger partial charge on any atom is 0.417 e. The molecule has 0 aromatic heterocycles. The number of piperazine rings is 1. The van der Waals surface area contributed by atoms with E-state index in [2.05, 4.69) is 10.9 Å². The van der Waals surface area contributed by atoms with Crippen LogP contribution in [0.2, 0.25) is 0 Å². The standard InChI is InChI=1S/C25H28F4N4O3/c1-24(2,3)36-23(34)33-10-8-32(9-11-33)20-14-30-31-19-13-15(17(12-16(19)20)25(27,28)29)22-18(26)6-5-7-21(22)35-4/h5-7,12-14,30-31H,8-11H2,1-4H3. The molecule has 0 aliphatic carbocycles. The summed E-state index contributed by atoms with van der Waals surface area (Å²) in [5.74, 6) is -0.823. The van der Waals surface area contributed by atoms with Crippen LogP contribution in [0.5, 0.6) is 5.75 Å². The van der Waals surface area contributed by atoms with Crippen molar-refractivity contribution in [2.24, 2.45) is 0 Å². The Morgan fingerprint density at radius 3 is 2.33 bits per heavy atom. The van der Waals surface area contributed by atoms with Crippen LogP contribution in [0.15, 0.2) is 36.5 Å². The zero-order valence-corrected chi connectivity index (χ0v) is 20.4. The number of alkyl halides is 3. The maximum absolute atomic E-state index is 14.7. The molecule has 36 heavy (non-hydrogen) atoms. The number of halogens is 4. The van der Waals surface area contributed by atoms with Crippen LogP contribution in [0, 0.1) is 5.82 Å². The van der Waals surface area contributed by atoms with Gasteiger partial charge in [0.15, 0.2) is 0 Å². The summed E-state index contributed by atoms with van der Waals surface area (Å²) in [6.45, 7) is 6.86. The van der Waals surface area contributed by atoms with Crippen molar-refractivity contribution in [3.8, 4) is 16.9 Å². The lowest BCUT2D eigenvalue weighted by molar-refractivity contribution is -0.137. The van der Waals surface area contributed by atoms with Gasteiger partial charge < -0.3 is 30.1 Å². The minimum atomic E-state index is -4.75. The molecule has 2 heterocycles. The average molecular weight is 509 g/mol. The second-order valence-corrected chi connectivity index (χ2v) is 9.51. The highest BCUT2D eigenvalue weighted by Gasteiger charge is 2.38. The highest BCUT2D eigenvalue weighted by molar-refractivity contribution is 5.85. The van der Waals surface area contributed by atoms with Gasteiger partial charge >= 0.3 is 12.3 Å². The lowest BCUT2D eigenvalue weighted by Crippen LogP contribution is -2.49. The molecule has 0 bridgehead atoms. The Morgan fingerprint density at radius 2 is 1.72 bits per heavy atom. The van der Waals surface area contributed by atoms with Crippen LogP contribution in [-0.4, -0.2) is 54.8 Å². The number of nitrogens with one attached hydrogen (secondary N) is 2. The molecule has 1 amide bonds. The summed E-state index contributed by atoms with van der Waals surface area (Å²) in [6, 6.07) is 6.19. The smallest absolute Gasteiger partial charge is 0.417 e. The summed E-state index contributed by atoms with van der Waals surface area (Å²) in [5, 5.41) is 0. The van der Waals surface area contributed by atoms with E-state index in [4.69, 9.17) is 9.47 Å². The molecule has 2 aromatic carbocycles. The van der Waals surface area contributed by atoms with Crippen molar-refractivity contribution in [1.82, 2.24) is 15.2 Å². The fraction of sp³-hybridized carbons (Fsp3) is 0.400. The third kappa shape index (κ3) is 5.14. The SMILES string of the molecule is COc1cccc(F)c1-c1cc2c(cc1C(F)(F)F)C(N1CCN(C(=O)OC(C)(C)C)CC1)=CNN2. The van der Waals surface area contributed by atoms with Gasteiger partial charge in [0.05, 0.1) is 29.6 Å². The van der Waals surface area contributed by atoms with Crippen molar-refractivity contribution < 1.29 is 31.8 Å². The number of carbonyl (C=O) groups is 1. The van der Waals surface area contributed by atoms with E-state index in [9.17, 15) is 22.4 Å². The fourth-order valence-electron chi connectivity index (χ4n) is 4.27. The lowest BCUT2D eigenvalue weighted by atomic mass is 9.93. The Kier molecular flexibility index (Phi) is 6.68. The van der Waals surface area contributed by atoms with Gasteiger partial charge in [-0.1, -0.05) is 6.07 Å². The first-order chi connectivity index (χ1) is 16.9. The minimum Gasteiger partial charge on any atom is -0.496 e. The molecule has 4 rings (SSSR count). The van der Waals surface area contributed by atoms with E-state index in [0.29, 0.717) is 43.1 Å². The molecule has 1 fully saturated rings. The van der Waals surface area contributed by atoms with Crippen LogP contribution in [-0.2, 0) is 10.9 Å². The van der Waals surface area contributed by atoms with E-state index in [1.54, 1.807) is 31.9 Å². The van der Waals surface area contributed by atoms with Gasteiger partial charge in [-0.05, 0) is 45.0 Å². The van der Waals surface area contributed by atoms with E-state index in [1.165, 1.54) is 25.3 Å². The third-order valence-electron chi connectivity index (χ3n) is 5.89. The van der Waals surface area contributed by atoms with Crippen LogP contribution < -0.4 is 15.6 Å². The molecule has 0 atom stereocenters. The first kappa shape index (κ1) is 25.5. The molecule has 7 nitrogen and oxygen atoms in total. The summed E-state index contributed by atoms with van der Waals surface area (Å²) in [4.78, 5) is 15.9. The molecule has 0 saturated carbocycles. The lowest BCUT2D eigenvalue weighted by Gasteiger charge is -2.39. The summed E-state index contributed by atoms with van der Waals surface area (Å²) in [7, 11) is 1.28. The van der Waals surface area contributed by atoms with Gasteiger partial charge in [-0.15, -0.1) is 0 Å². The van der Waals surface area contributed by atoms with Gasteiger partial charge in [-0.2, -0.15) is 13.2 Å². The second-order valence-electron chi connectivity index (χ2n) is 9.51.